The molecule has 0 spiro atoms. The molecule has 1 fully saturated rings. The number of hydrogen-bond donors (Lipinski definition) is 2. The lowest BCUT2D eigenvalue weighted by Gasteiger charge is -2.33. The monoisotopic (exact) mass is 268 g/mol. The second-order valence-electron chi connectivity index (χ2n) is 7.48. The molecule has 0 saturated heterocycles. The van der Waals surface area contributed by atoms with Crippen LogP contribution in [0.5, 0.6) is 0 Å². The lowest BCUT2D eigenvalue weighted by molar-refractivity contribution is -0.124. The second-order valence-corrected chi connectivity index (χ2v) is 7.48. The van der Waals surface area contributed by atoms with Crippen LogP contribution >= 0.6 is 0 Å². The maximum Gasteiger partial charge on any atom is 0.237 e. The highest BCUT2D eigenvalue weighted by molar-refractivity contribution is 5.81. The van der Waals surface area contributed by atoms with Crippen LogP contribution in [0.2, 0.25) is 0 Å². The number of carbonyl (C=O) groups excluding carboxylic acids is 1. The largest absolute Gasteiger partial charge is 0.350 e. The summed E-state index contributed by atoms with van der Waals surface area (Å²) in [6.07, 6.45) is 5.00. The maximum atomic E-state index is 12.0. The Morgan fingerprint density at radius 1 is 1.05 bits per heavy atom. The third kappa shape index (κ3) is 5.94. The summed E-state index contributed by atoms with van der Waals surface area (Å²) >= 11 is 0. The first-order chi connectivity index (χ1) is 8.69. The van der Waals surface area contributed by atoms with E-state index in [2.05, 4.69) is 24.5 Å². The van der Waals surface area contributed by atoms with Crippen LogP contribution in [-0.2, 0) is 4.79 Å². The van der Waals surface area contributed by atoms with Gasteiger partial charge in [0.05, 0.1) is 6.04 Å². The molecule has 0 radical (unpaired) electrons. The summed E-state index contributed by atoms with van der Waals surface area (Å²) in [5, 5.41) is 6.52. The minimum absolute atomic E-state index is 0.0974. The fraction of sp³-hybridized carbons (Fsp3) is 0.938. The molecule has 0 aromatic heterocycles. The Bertz CT molecular complexity index is 286. The van der Waals surface area contributed by atoms with Gasteiger partial charge in [-0.1, -0.05) is 13.8 Å². The highest BCUT2D eigenvalue weighted by Crippen LogP contribution is 2.29. The van der Waals surface area contributed by atoms with Crippen molar-refractivity contribution in [2.75, 3.05) is 0 Å². The van der Waals surface area contributed by atoms with Gasteiger partial charge < -0.3 is 10.6 Å². The maximum absolute atomic E-state index is 12.0. The zero-order valence-corrected chi connectivity index (χ0v) is 13.5. The molecule has 1 rings (SSSR count). The molecule has 0 aromatic rings. The van der Waals surface area contributed by atoms with Gasteiger partial charge >= 0.3 is 0 Å². The highest BCUT2D eigenvalue weighted by atomic mass is 16.2. The molecule has 1 unspecified atom stereocenters. The molecule has 112 valence electrons. The molecule has 1 aliphatic rings. The fourth-order valence-corrected chi connectivity index (χ4v) is 2.86. The number of amides is 1. The van der Waals surface area contributed by atoms with Gasteiger partial charge in [-0.2, -0.15) is 0 Å². The van der Waals surface area contributed by atoms with E-state index in [1.807, 2.05) is 27.7 Å². The lowest BCUT2D eigenvalue weighted by Crippen LogP contribution is -2.52. The standard InChI is InChI=1S/C16H32N2O/c1-11(2)13-7-9-14(10-8-13)17-12(3)15(19)18-16(4,5)6/h11-14,17H,7-10H2,1-6H3,(H,18,19). The van der Waals surface area contributed by atoms with Gasteiger partial charge in [0.1, 0.15) is 0 Å². The molecule has 1 saturated carbocycles. The summed E-state index contributed by atoms with van der Waals surface area (Å²) in [6, 6.07) is 0.413. The van der Waals surface area contributed by atoms with Gasteiger partial charge in [-0.3, -0.25) is 4.79 Å². The van der Waals surface area contributed by atoms with Crippen LogP contribution in [0, 0.1) is 11.8 Å². The van der Waals surface area contributed by atoms with Crippen molar-refractivity contribution < 1.29 is 4.79 Å². The van der Waals surface area contributed by atoms with Crippen molar-refractivity contribution in [1.29, 1.82) is 0 Å². The van der Waals surface area contributed by atoms with Crippen molar-refractivity contribution >= 4 is 5.91 Å². The van der Waals surface area contributed by atoms with E-state index in [-0.39, 0.29) is 17.5 Å². The zero-order valence-electron chi connectivity index (χ0n) is 13.5. The molecular weight excluding hydrogens is 236 g/mol. The molecule has 0 aromatic carbocycles. The third-order valence-electron chi connectivity index (χ3n) is 4.09. The summed E-state index contributed by atoms with van der Waals surface area (Å²) < 4.78 is 0. The number of carbonyl (C=O) groups is 1. The van der Waals surface area contributed by atoms with Crippen LogP contribution in [0.4, 0.5) is 0 Å². The Kier molecular flexibility index (Phi) is 5.84. The number of hydrogen-bond acceptors (Lipinski definition) is 2. The van der Waals surface area contributed by atoms with Crippen molar-refractivity contribution in [1.82, 2.24) is 10.6 Å². The van der Waals surface area contributed by atoms with Crippen LogP contribution in [0.25, 0.3) is 0 Å². The van der Waals surface area contributed by atoms with Gasteiger partial charge in [0.2, 0.25) is 5.91 Å². The Labute approximate surface area is 118 Å². The van der Waals surface area contributed by atoms with E-state index in [1.54, 1.807) is 0 Å². The van der Waals surface area contributed by atoms with Crippen molar-refractivity contribution in [3.8, 4) is 0 Å². The topological polar surface area (TPSA) is 41.1 Å². The van der Waals surface area contributed by atoms with Gasteiger partial charge in [0.25, 0.3) is 0 Å². The van der Waals surface area contributed by atoms with Gasteiger partial charge in [0, 0.05) is 11.6 Å². The van der Waals surface area contributed by atoms with E-state index in [0.29, 0.717) is 6.04 Å². The third-order valence-corrected chi connectivity index (χ3v) is 4.09. The van der Waals surface area contributed by atoms with Crippen LogP contribution in [0.3, 0.4) is 0 Å². The predicted octanol–water partition coefficient (Wildman–Crippen LogP) is 3.09. The minimum atomic E-state index is -0.150. The first kappa shape index (κ1) is 16.5. The number of nitrogens with one attached hydrogen (secondary N) is 2. The van der Waals surface area contributed by atoms with Crippen molar-refractivity contribution in [2.45, 2.75) is 84.8 Å². The molecule has 1 atom stereocenters. The zero-order chi connectivity index (χ0) is 14.6. The van der Waals surface area contributed by atoms with E-state index in [4.69, 9.17) is 0 Å². The normalized spacial score (nSPS) is 26.3. The van der Waals surface area contributed by atoms with Gasteiger partial charge in [0.15, 0.2) is 0 Å². The van der Waals surface area contributed by atoms with Crippen LogP contribution < -0.4 is 10.6 Å². The first-order valence-electron chi connectivity index (χ1n) is 7.77. The smallest absolute Gasteiger partial charge is 0.237 e. The lowest BCUT2D eigenvalue weighted by atomic mass is 9.79. The average Bonchev–Trinajstić information content (AvgIpc) is 2.27. The van der Waals surface area contributed by atoms with Crippen molar-refractivity contribution in [3.05, 3.63) is 0 Å². The Hall–Kier alpha value is -0.570. The molecule has 0 heterocycles. The van der Waals surface area contributed by atoms with Crippen LogP contribution in [0.1, 0.15) is 67.2 Å². The molecule has 2 N–H and O–H groups in total. The fourth-order valence-electron chi connectivity index (χ4n) is 2.86. The van der Waals surface area contributed by atoms with Gasteiger partial charge in [-0.05, 0) is 65.2 Å². The van der Waals surface area contributed by atoms with Crippen molar-refractivity contribution in [2.24, 2.45) is 11.8 Å². The predicted molar refractivity (Wildman–Crippen MR) is 81.1 cm³/mol. The molecule has 3 heteroatoms. The van der Waals surface area contributed by atoms with E-state index >= 15 is 0 Å². The molecule has 0 bridgehead atoms. The molecular formula is C16H32N2O. The minimum Gasteiger partial charge on any atom is -0.350 e. The molecule has 1 amide bonds. The molecule has 3 nitrogen and oxygen atoms in total. The number of rotatable bonds is 4. The Morgan fingerprint density at radius 3 is 2.00 bits per heavy atom. The van der Waals surface area contributed by atoms with Gasteiger partial charge in [-0.25, -0.2) is 0 Å². The van der Waals surface area contributed by atoms with Crippen LogP contribution in [0.15, 0.2) is 0 Å². The van der Waals surface area contributed by atoms with E-state index in [1.165, 1.54) is 25.7 Å². The Morgan fingerprint density at radius 2 is 1.58 bits per heavy atom. The van der Waals surface area contributed by atoms with E-state index in [0.717, 1.165) is 11.8 Å². The van der Waals surface area contributed by atoms with E-state index in [9.17, 15) is 4.79 Å². The summed E-state index contributed by atoms with van der Waals surface area (Å²) in [5.41, 5.74) is -0.150. The summed E-state index contributed by atoms with van der Waals surface area (Å²) in [4.78, 5) is 12.0. The van der Waals surface area contributed by atoms with Crippen molar-refractivity contribution in [3.63, 3.8) is 0 Å². The molecule has 1 aliphatic carbocycles. The molecule has 19 heavy (non-hydrogen) atoms. The summed E-state index contributed by atoms with van der Waals surface area (Å²) in [6.45, 7) is 12.7. The summed E-state index contributed by atoms with van der Waals surface area (Å²) in [5.74, 6) is 1.78. The van der Waals surface area contributed by atoms with Gasteiger partial charge in [-0.15, -0.1) is 0 Å². The average molecular weight is 268 g/mol. The quantitative estimate of drug-likeness (QED) is 0.822. The second kappa shape index (κ2) is 6.74. The summed E-state index contributed by atoms with van der Waals surface area (Å²) in [7, 11) is 0. The van der Waals surface area contributed by atoms with E-state index < -0.39 is 0 Å². The highest BCUT2D eigenvalue weighted by Gasteiger charge is 2.26. The SMILES string of the molecule is CC(NC1CCC(C(C)C)CC1)C(=O)NC(C)(C)C. The Balaban J connectivity index is 2.34. The first-order valence-corrected chi connectivity index (χ1v) is 7.77. The van der Waals surface area contributed by atoms with Crippen LogP contribution in [-0.4, -0.2) is 23.5 Å². The molecule has 0 aliphatic heterocycles.